The molecule has 2 saturated carbocycles. The summed E-state index contributed by atoms with van der Waals surface area (Å²) < 4.78 is 0. The topological polar surface area (TPSA) is 61.4 Å². The lowest BCUT2D eigenvalue weighted by Crippen LogP contribution is -2.56. The van der Waals surface area contributed by atoms with Crippen LogP contribution in [0.2, 0.25) is 0 Å². The lowest BCUT2D eigenvalue weighted by Gasteiger charge is -2.33. The van der Waals surface area contributed by atoms with Gasteiger partial charge in [-0.25, -0.2) is 0 Å². The highest BCUT2D eigenvalue weighted by Gasteiger charge is 2.33. The Kier molecular flexibility index (Phi) is 5.34. The van der Waals surface area contributed by atoms with Gasteiger partial charge in [0.2, 0.25) is 11.8 Å². The molecule has 3 aliphatic rings. The molecule has 0 aromatic rings. The van der Waals surface area contributed by atoms with E-state index in [-0.39, 0.29) is 24.3 Å². The van der Waals surface area contributed by atoms with Crippen molar-refractivity contribution in [3.8, 4) is 0 Å². The van der Waals surface area contributed by atoms with Crippen LogP contribution in [0.5, 0.6) is 0 Å². The Labute approximate surface area is 133 Å². The van der Waals surface area contributed by atoms with Crippen LogP contribution >= 0.6 is 0 Å². The van der Waals surface area contributed by atoms with Crippen LogP contribution in [0.3, 0.4) is 0 Å². The van der Waals surface area contributed by atoms with Gasteiger partial charge in [0, 0.05) is 26.2 Å². The fourth-order valence-corrected chi connectivity index (χ4v) is 3.65. The zero-order valence-corrected chi connectivity index (χ0v) is 13.5. The normalized spacial score (nSPS) is 27.0. The van der Waals surface area contributed by atoms with E-state index in [0.29, 0.717) is 11.8 Å². The van der Waals surface area contributed by atoms with Crippen molar-refractivity contribution in [1.29, 1.82) is 0 Å². The van der Waals surface area contributed by atoms with Gasteiger partial charge < -0.3 is 15.5 Å². The van der Waals surface area contributed by atoms with Crippen LogP contribution in [0.25, 0.3) is 0 Å². The first-order valence-electron chi connectivity index (χ1n) is 9.01. The van der Waals surface area contributed by atoms with Crippen molar-refractivity contribution < 1.29 is 9.59 Å². The molecule has 0 aromatic heterocycles. The summed E-state index contributed by atoms with van der Waals surface area (Å²) in [7, 11) is 0. The van der Waals surface area contributed by atoms with E-state index in [4.69, 9.17) is 0 Å². The van der Waals surface area contributed by atoms with E-state index in [1.807, 2.05) is 4.90 Å². The minimum absolute atomic E-state index is 0.0182. The van der Waals surface area contributed by atoms with E-state index in [0.717, 1.165) is 26.2 Å². The van der Waals surface area contributed by atoms with E-state index in [9.17, 15) is 9.59 Å². The van der Waals surface area contributed by atoms with E-state index in [1.54, 1.807) is 0 Å². The molecule has 3 fully saturated rings. The number of nitrogens with one attached hydrogen (secondary N) is 2. The van der Waals surface area contributed by atoms with Gasteiger partial charge in [-0.05, 0) is 37.5 Å². The molecule has 5 nitrogen and oxygen atoms in total. The number of hydrogen-bond acceptors (Lipinski definition) is 3. The second-order valence-corrected chi connectivity index (χ2v) is 7.25. The smallest absolute Gasteiger partial charge is 0.240 e. The average Bonchev–Trinajstić information content (AvgIpc) is 3.34. The minimum atomic E-state index is -0.321. The van der Waals surface area contributed by atoms with Crippen LogP contribution in [-0.4, -0.2) is 48.9 Å². The first-order chi connectivity index (χ1) is 10.7. The van der Waals surface area contributed by atoms with Gasteiger partial charge in [-0.15, -0.1) is 0 Å². The van der Waals surface area contributed by atoms with Gasteiger partial charge in [-0.2, -0.15) is 0 Å². The molecule has 0 aromatic carbocycles. The van der Waals surface area contributed by atoms with Gasteiger partial charge in [0.05, 0.1) is 12.5 Å². The highest BCUT2D eigenvalue weighted by molar-refractivity contribution is 5.88. The summed E-state index contributed by atoms with van der Waals surface area (Å²) in [5, 5.41) is 6.25. The largest absolute Gasteiger partial charge is 0.356 e. The maximum absolute atomic E-state index is 12.4. The molecule has 0 bridgehead atoms. The van der Waals surface area contributed by atoms with Crippen molar-refractivity contribution in [1.82, 2.24) is 15.5 Å². The molecule has 1 unspecified atom stereocenters. The maximum Gasteiger partial charge on any atom is 0.240 e. The van der Waals surface area contributed by atoms with Gasteiger partial charge in [-0.3, -0.25) is 9.59 Å². The number of piperazine rings is 1. The highest BCUT2D eigenvalue weighted by atomic mass is 16.2. The SMILES string of the molecule is O=C(CC1NCCN(CC2CC2)C1=O)NCC1CCCCC1. The fourth-order valence-electron chi connectivity index (χ4n) is 3.65. The molecule has 0 radical (unpaired) electrons. The summed E-state index contributed by atoms with van der Waals surface area (Å²) in [5.74, 6) is 1.48. The van der Waals surface area contributed by atoms with Crippen molar-refractivity contribution >= 4 is 11.8 Å². The molecule has 2 amide bonds. The molecule has 5 heteroatoms. The van der Waals surface area contributed by atoms with Crippen LogP contribution in [-0.2, 0) is 9.59 Å². The number of nitrogens with zero attached hydrogens (tertiary/aromatic N) is 1. The summed E-state index contributed by atoms with van der Waals surface area (Å²) in [6.07, 6.45) is 9.17. The Hall–Kier alpha value is -1.10. The number of carbonyl (C=O) groups is 2. The maximum atomic E-state index is 12.4. The zero-order valence-electron chi connectivity index (χ0n) is 13.5. The van der Waals surface area contributed by atoms with Crippen molar-refractivity contribution in [3.05, 3.63) is 0 Å². The molecular weight excluding hydrogens is 278 g/mol. The van der Waals surface area contributed by atoms with E-state index < -0.39 is 0 Å². The van der Waals surface area contributed by atoms with Crippen LogP contribution in [0.4, 0.5) is 0 Å². The van der Waals surface area contributed by atoms with Crippen LogP contribution in [0.15, 0.2) is 0 Å². The molecule has 22 heavy (non-hydrogen) atoms. The second kappa shape index (κ2) is 7.44. The summed E-state index contributed by atoms with van der Waals surface area (Å²) >= 11 is 0. The Morgan fingerprint density at radius 3 is 2.64 bits per heavy atom. The van der Waals surface area contributed by atoms with E-state index >= 15 is 0 Å². The third-order valence-corrected chi connectivity index (χ3v) is 5.26. The Bertz CT molecular complexity index is 403. The van der Waals surface area contributed by atoms with Crippen molar-refractivity contribution in [2.24, 2.45) is 11.8 Å². The molecule has 1 aliphatic heterocycles. The first kappa shape index (κ1) is 15.8. The number of amides is 2. The molecule has 0 spiro atoms. The number of carbonyl (C=O) groups excluding carboxylic acids is 2. The summed E-state index contributed by atoms with van der Waals surface area (Å²) in [4.78, 5) is 26.5. The average molecular weight is 307 g/mol. The molecule has 1 atom stereocenters. The quantitative estimate of drug-likeness (QED) is 0.777. The number of rotatable bonds is 6. The van der Waals surface area contributed by atoms with Crippen LogP contribution in [0.1, 0.15) is 51.4 Å². The van der Waals surface area contributed by atoms with Crippen LogP contribution < -0.4 is 10.6 Å². The molecule has 3 rings (SSSR count). The minimum Gasteiger partial charge on any atom is -0.356 e. The van der Waals surface area contributed by atoms with Crippen molar-refractivity contribution in [2.75, 3.05) is 26.2 Å². The predicted octanol–water partition coefficient (Wildman–Crippen LogP) is 1.28. The third-order valence-electron chi connectivity index (χ3n) is 5.26. The summed E-state index contributed by atoms with van der Waals surface area (Å²) in [5.41, 5.74) is 0. The summed E-state index contributed by atoms with van der Waals surface area (Å²) in [6, 6.07) is -0.321. The molecular formula is C17H29N3O2. The van der Waals surface area contributed by atoms with Crippen molar-refractivity contribution in [2.45, 2.75) is 57.4 Å². The number of hydrogen-bond donors (Lipinski definition) is 2. The van der Waals surface area contributed by atoms with Gasteiger partial charge >= 0.3 is 0 Å². The predicted molar refractivity (Wildman–Crippen MR) is 85.3 cm³/mol. The lowest BCUT2D eigenvalue weighted by atomic mass is 9.89. The Morgan fingerprint density at radius 2 is 1.91 bits per heavy atom. The van der Waals surface area contributed by atoms with E-state index in [2.05, 4.69) is 10.6 Å². The van der Waals surface area contributed by atoms with Gasteiger partial charge in [-0.1, -0.05) is 19.3 Å². The molecule has 2 N–H and O–H groups in total. The highest BCUT2D eigenvalue weighted by Crippen LogP contribution is 2.30. The second-order valence-electron chi connectivity index (χ2n) is 7.25. The lowest BCUT2D eigenvalue weighted by molar-refractivity contribution is -0.138. The Morgan fingerprint density at radius 1 is 1.14 bits per heavy atom. The molecule has 1 heterocycles. The van der Waals surface area contributed by atoms with Gasteiger partial charge in [0.1, 0.15) is 0 Å². The van der Waals surface area contributed by atoms with Gasteiger partial charge in [0.15, 0.2) is 0 Å². The first-order valence-corrected chi connectivity index (χ1v) is 9.01. The van der Waals surface area contributed by atoms with E-state index in [1.165, 1.54) is 44.9 Å². The van der Waals surface area contributed by atoms with Crippen molar-refractivity contribution in [3.63, 3.8) is 0 Å². The molecule has 124 valence electrons. The fraction of sp³-hybridized carbons (Fsp3) is 0.882. The molecule has 2 aliphatic carbocycles. The standard InChI is InChI=1S/C17H29N3O2/c21-16(19-11-13-4-2-1-3-5-13)10-15-17(22)20(9-8-18-15)12-14-6-7-14/h13-15,18H,1-12H2,(H,19,21). The monoisotopic (exact) mass is 307 g/mol. The Balaban J connectivity index is 1.40. The van der Waals surface area contributed by atoms with Gasteiger partial charge in [0.25, 0.3) is 0 Å². The zero-order chi connectivity index (χ0) is 15.4. The molecule has 1 saturated heterocycles. The van der Waals surface area contributed by atoms with Crippen LogP contribution in [0, 0.1) is 11.8 Å². The third kappa shape index (κ3) is 4.45. The summed E-state index contributed by atoms with van der Waals surface area (Å²) in [6.45, 7) is 3.26.